The van der Waals surface area contributed by atoms with Gasteiger partial charge >= 0.3 is 0 Å². The highest BCUT2D eigenvalue weighted by molar-refractivity contribution is 9.11. The summed E-state index contributed by atoms with van der Waals surface area (Å²) in [5.41, 5.74) is 2.95. The lowest BCUT2D eigenvalue weighted by Crippen LogP contribution is -2.18. The fraction of sp³-hybridized carbons (Fsp3) is 0.571. The van der Waals surface area contributed by atoms with Crippen LogP contribution in [-0.2, 0) is 0 Å². The molecule has 1 aromatic rings. The quantitative estimate of drug-likeness (QED) is 0.733. The molecule has 1 saturated carbocycles. The van der Waals surface area contributed by atoms with Gasteiger partial charge in [0, 0.05) is 15.0 Å². The van der Waals surface area contributed by atoms with Crippen LogP contribution in [0.4, 0.5) is 5.69 Å². The van der Waals surface area contributed by atoms with Crippen molar-refractivity contribution in [3.05, 3.63) is 26.6 Å². The smallest absolute Gasteiger partial charge is 0.0631 e. The van der Waals surface area contributed by atoms with E-state index in [0.717, 1.165) is 8.95 Å². The minimum atomic E-state index is 0.487. The van der Waals surface area contributed by atoms with Crippen LogP contribution < -0.4 is 5.32 Å². The maximum atomic E-state index is 3.67. The number of benzene rings is 1. The molecular weight excluding hydrogens is 342 g/mol. The number of rotatable bonds is 2. The van der Waals surface area contributed by atoms with Gasteiger partial charge in [0.15, 0.2) is 0 Å². The number of nitrogens with one attached hydrogen (secondary N) is 1. The van der Waals surface area contributed by atoms with Gasteiger partial charge in [0.2, 0.25) is 0 Å². The van der Waals surface area contributed by atoms with Gasteiger partial charge in [-0.25, -0.2) is 0 Å². The second-order valence-electron chi connectivity index (χ2n) is 5.85. The third-order valence-electron chi connectivity index (χ3n) is 3.50. The van der Waals surface area contributed by atoms with Crippen molar-refractivity contribution in [3.8, 4) is 0 Å². The molecule has 0 radical (unpaired) electrons. The third-order valence-corrected chi connectivity index (χ3v) is 4.75. The lowest BCUT2D eigenvalue weighted by atomic mass is 9.92. The molecule has 0 saturated heterocycles. The zero-order valence-electron chi connectivity index (χ0n) is 10.6. The van der Waals surface area contributed by atoms with Gasteiger partial charge in [-0.2, -0.15) is 0 Å². The second kappa shape index (κ2) is 4.93. The topological polar surface area (TPSA) is 12.0 Å². The number of hydrogen-bond acceptors (Lipinski definition) is 1. The minimum absolute atomic E-state index is 0.487. The predicted molar refractivity (Wildman–Crippen MR) is 81.6 cm³/mol. The average Bonchev–Trinajstić information content (AvgIpc) is 2.52. The largest absolute Gasteiger partial charge is 0.380 e. The highest BCUT2D eigenvalue weighted by Gasteiger charge is 2.31. The molecule has 0 heterocycles. The summed E-state index contributed by atoms with van der Waals surface area (Å²) in [5.74, 6) is 0. The summed E-state index contributed by atoms with van der Waals surface area (Å²) < 4.78 is 2.29. The number of hydrogen-bond donors (Lipinski definition) is 1. The van der Waals surface area contributed by atoms with Crippen molar-refractivity contribution in [2.45, 2.75) is 46.1 Å². The highest BCUT2D eigenvalue weighted by atomic mass is 79.9. The molecule has 3 heteroatoms. The summed E-state index contributed by atoms with van der Waals surface area (Å²) >= 11 is 7.28. The monoisotopic (exact) mass is 359 g/mol. The van der Waals surface area contributed by atoms with Gasteiger partial charge in [-0.05, 0) is 81.2 Å². The van der Waals surface area contributed by atoms with E-state index in [9.17, 15) is 0 Å². The Balaban J connectivity index is 2.15. The van der Waals surface area contributed by atoms with Gasteiger partial charge in [0.1, 0.15) is 0 Å². The van der Waals surface area contributed by atoms with Gasteiger partial charge in [0.25, 0.3) is 0 Å². The molecular formula is C14H19Br2N. The van der Waals surface area contributed by atoms with E-state index in [1.807, 2.05) is 0 Å². The molecule has 0 aliphatic heterocycles. The van der Waals surface area contributed by atoms with Crippen LogP contribution >= 0.6 is 31.9 Å². The lowest BCUT2D eigenvalue weighted by molar-refractivity contribution is 0.378. The Labute approximate surface area is 121 Å². The molecule has 0 bridgehead atoms. The first-order valence-electron chi connectivity index (χ1n) is 6.09. The summed E-state index contributed by atoms with van der Waals surface area (Å²) in [6.45, 7) is 6.82. The van der Waals surface area contributed by atoms with Gasteiger partial charge in [-0.1, -0.05) is 13.8 Å². The summed E-state index contributed by atoms with van der Waals surface area (Å²) in [6, 6.07) is 4.92. The standard InChI is InChI=1S/C14H19Br2N/c1-9-6-11(15)13(12(16)7-9)17-10-4-5-14(2,3)8-10/h6-7,10,17H,4-5,8H2,1-3H3. The molecule has 1 aromatic carbocycles. The summed E-state index contributed by atoms with van der Waals surface area (Å²) in [4.78, 5) is 0. The molecule has 0 amide bonds. The van der Waals surface area contributed by atoms with E-state index in [-0.39, 0.29) is 0 Å². The zero-order chi connectivity index (χ0) is 12.6. The highest BCUT2D eigenvalue weighted by Crippen LogP contribution is 2.40. The van der Waals surface area contributed by atoms with Crippen molar-refractivity contribution in [3.63, 3.8) is 0 Å². The molecule has 0 spiro atoms. The Morgan fingerprint density at radius 2 is 1.82 bits per heavy atom. The van der Waals surface area contributed by atoms with Crippen molar-refractivity contribution in [2.75, 3.05) is 5.32 Å². The maximum Gasteiger partial charge on any atom is 0.0631 e. The van der Waals surface area contributed by atoms with E-state index < -0.39 is 0 Å². The van der Waals surface area contributed by atoms with Gasteiger partial charge in [-0.3, -0.25) is 0 Å². The van der Waals surface area contributed by atoms with E-state index in [4.69, 9.17) is 0 Å². The predicted octanol–water partition coefficient (Wildman–Crippen LogP) is 5.51. The van der Waals surface area contributed by atoms with Gasteiger partial charge < -0.3 is 5.32 Å². The molecule has 1 unspecified atom stereocenters. The molecule has 2 rings (SSSR count). The molecule has 17 heavy (non-hydrogen) atoms. The Hall–Kier alpha value is -0.0200. The van der Waals surface area contributed by atoms with Crippen LogP contribution in [0.1, 0.15) is 38.7 Å². The summed E-state index contributed by atoms with van der Waals surface area (Å²) in [5, 5.41) is 3.67. The Bertz CT molecular complexity index is 403. The summed E-state index contributed by atoms with van der Waals surface area (Å²) in [6.07, 6.45) is 3.82. The minimum Gasteiger partial charge on any atom is -0.380 e. The first kappa shape index (κ1) is 13.4. The van der Waals surface area contributed by atoms with Gasteiger partial charge in [0.05, 0.1) is 5.69 Å². The second-order valence-corrected chi connectivity index (χ2v) is 7.56. The van der Waals surface area contributed by atoms with E-state index in [1.54, 1.807) is 0 Å². The maximum absolute atomic E-state index is 3.67. The lowest BCUT2D eigenvalue weighted by Gasteiger charge is -2.20. The van der Waals surface area contributed by atoms with Crippen molar-refractivity contribution < 1.29 is 0 Å². The van der Waals surface area contributed by atoms with Crippen LogP contribution in [0.2, 0.25) is 0 Å². The fourth-order valence-electron chi connectivity index (χ4n) is 2.60. The Kier molecular flexibility index (Phi) is 3.89. The van der Waals surface area contributed by atoms with Crippen molar-refractivity contribution >= 4 is 37.5 Å². The Morgan fingerprint density at radius 1 is 1.24 bits per heavy atom. The first-order valence-corrected chi connectivity index (χ1v) is 7.68. The SMILES string of the molecule is Cc1cc(Br)c(NC2CCC(C)(C)C2)c(Br)c1. The van der Waals surface area contributed by atoms with E-state index in [0.29, 0.717) is 11.5 Å². The van der Waals surface area contributed by atoms with Crippen LogP contribution in [0.3, 0.4) is 0 Å². The van der Waals surface area contributed by atoms with Crippen molar-refractivity contribution in [1.29, 1.82) is 0 Å². The van der Waals surface area contributed by atoms with Crippen molar-refractivity contribution in [1.82, 2.24) is 0 Å². The van der Waals surface area contributed by atoms with E-state index >= 15 is 0 Å². The number of anilines is 1. The van der Waals surface area contributed by atoms with Crippen LogP contribution in [-0.4, -0.2) is 6.04 Å². The average molecular weight is 361 g/mol. The molecule has 1 fully saturated rings. The molecule has 1 aliphatic rings. The zero-order valence-corrected chi connectivity index (χ0v) is 13.8. The van der Waals surface area contributed by atoms with Crippen LogP contribution in [0.15, 0.2) is 21.1 Å². The van der Waals surface area contributed by atoms with E-state index in [2.05, 4.69) is 70.1 Å². The number of halogens is 2. The summed E-state index contributed by atoms with van der Waals surface area (Å²) in [7, 11) is 0. The molecule has 1 nitrogen and oxygen atoms in total. The molecule has 0 aromatic heterocycles. The van der Waals surface area contributed by atoms with E-state index in [1.165, 1.54) is 30.5 Å². The van der Waals surface area contributed by atoms with Crippen molar-refractivity contribution in [2.24, 2.45) is 5.41 Å². The fourth-order valence-corrected chi connectivity index (χ4v) is 4.25. The molecule has 1 N–H and O–H groups in total. The van der Waals surface area contributed by atoms with Crippen LogP contribution in [0, 0.1) is 12.3 Å². The molecule has 1 atom stereocenters. The molecule has 94 valence electrons. The van der Waals surface area contributed by atoms with Crippen LogP contribution in [0.25, 0.3) is 0 Å². The van der Waals surface area contributed by atoms with Crippen LogP contribution in [0.5, 0.6) is 0 Å². The normalized spacial score (nSPS) is 22.8. The first-order chi connectivity index (χ1) is 7.87. The number of aryl methyl sites for hydroxylation is 1. The Morgan fingerprint density at radius 3 is 2.29 bits per heavy atom. The third kappa shape index (κ3) is 3.25. The van der Waals surface area contributed by atoms with Gasteiger partial charge in [-0.15, -0.1) is 0 Å². The molecule has 1 aliphatic carbocycles.